The van der Waals surface area contributed by atoms with Gasteiger partial charge in [-0.05, 0) is 24.1 Å². The molecule has 1 aromatic rings. The Morgan fingerprint density at radius 1 is 1.10 bits per heavy atom. The van der Waals surface area contributed by atoms with E-state index in [0.29, 0.717) is 43.8 Å². The third-order valence-electron chi connectivity index (χ3n) is 2.81. The molecule has 0 aliphatic carbocycles. The van der Waals surface area contributed by atoms with Crippen molar-refractivity contribution in [2.75, 3.05) is 40.6 Å². The largest absolute Gasteiger partial charge is 0.496 e. The summed E-state index contributed by atoms with van der Waals surface area (Å²) in [6.45, 7) is 3.06. The molecule has 0 heterocycles. The number of thiocarbonyl (C=S) groups is 1. The Labute approximate surface area is 131 Å². The molecule has 5 nitrogen and oxygen atoms in total. The molecule has 0 atom stereocenters. The van der Waals surface area contributed by atoms with Crippen molar-refractivity contribution in [1.29, 1.82) is 0 Å². The van der Waals surface area contributed by atoms with E-state index in [2.05, 4.69) is 0 Å². The number of hydrogen-bond donors (Lipinski definition) is 1. The molecule has 0 aliphatic heterocycles. The number of rotatable bonds is 11. The molecule has 0 saturated heterocycles. The summed E-state index contributed by atoms with van der Waals surface area (Å²) in [4.78, 5) is 0.320. The maximum Gasteiger partial charge on any atom is 0.129 e. The molecule has 0 aliphatic rings. The summed E-state index contributed by atoms with van der Waals surface area (Å²) >= 11 is 5.01. The smallest absolute Gasteiger partial charge is 0.129 e. The van der Waals surface area contributed by atoms with Gasteiger partial charge in [0.15, 0.2) is 0 Å². The molecule has 118 valence electrons. The zero-order valence-electron chi connectivity index (χ0n) is 12.6. The zero-order chi connectivity index (χ0) is 15.5. The average Bonchev–Trinajstić information content (AvgIpc) is 2.49. The van der Waals surface area contributed by atoms with Gasteiger partial charge in [-0.1, -0.05) is 18.3 Å². The fourth-order valence-corrected chi connectivity index (χ4v) is 1.89. The van der Waals surface area contributed by atoms with E-state index in [-0.39, 0.29) is 0 Å². The van der Waals surface area contributed by atoms with E-state index in [9.17, 15) is 0 Å². The molecule has 2 N–H and O–H groups in total. The number of benzene rings is 1. The van der Waals surface area contributed by atoms with Gasteiger partial charge in [-0.2, -0.15) is 0 Å². The van der Waals surface area contributed by atoms with Crippen molar-refractivity contribution in [3.05, 3.63) is 29.3 Å². The molecule has 0 bridgehead atoms. The Kier molecular flexibility index (Phi) is 8.93. The first-order valence-corrected chi connectivity index (χ1v) is 7.21. The van der Waals surface area contributed by atoms with Crippen molar-refractivity contribution in [3.8, 4) is 5.75 Å². The van der Waals surface area contributed by atoms with Gasteiger partial charge in [0.1, 0.15) is 10.7 Å². The van der Waals surface area contributed by atoms with E-state index < -0.39 is 0 Å². The molecule has 6 heteroatoms. The first kappa shape index (κ1) is 17.8. The third-order valence-corrected chi connectivity index (χ3v) is 3.03. The molecule has 0 spiro atoms. The highest BCUT2D eigenvalue weighted by molar-refractivity contribution is 7.80. The second kappa shape index (κ2) is 10.5. The highest BCUT2D eigenvalue weighted by Gasteiger charge is 2.07. The lowest BCUT2D eigenvalue weighted by Crippen LogP contribution is -2.12. The molecule has 1 aromatic carbocycles. The van der Waals surface area contributed by atoms with E-state index in [1.54, 1.807) is 14.2 Å². The summed E-state index contributed by atoms with van der Waals surface area (Å²) < 4.78 is 21.1. The Hall–Kier alpha value is -1.21. The van der Waals surface area contributed by atoms with Crippen LogP contribution in [0.5, 0.6) is 5.75 Å². The summed E-state index contributed by atoms with van der Waals surface area (Å²) in [5.41, 5.74) is 7.42. The van der Waals surface area contributed by atoms with Crippen LogP contribution in [0.15, 0.2) is 18.2 Å². The van der Waals surface area contributed by atoms with Crippen molar-refractivity contribution >= 4 is 17.2 Å². The van der Waals surface area contributed by atoms with Crippen LogP contribution in [-0.2, 0) is 20.8 Å². The SMILES string of the molecule is COCCOCCCOCc1ccc(OC)c(C(N)=S)c1. The van der Waals surface area contributed by atoms with Crippen LogP contribution >= 0.6 is 12.2 Å². The molecule has 21 heavy (non-hydrogen) atoms. The van der Waals surface area contributed by atoms with Crippen LogP contribution in [0.4, 0.5) is 0 Å². The first-order chi connectivity index (χ1) is 10.2. The highest BCUT2D eigenvalue weighted by atomic mass is 32.1. The van der Waals surface area contributed by atoms with Gasteiger partial charge in [-0.15, -0.1) is 0 Å². The fraction of sp³-hybridized carbons (Fsp3) is 0.533. The number of methoxy groups -OCH3 is 2. The molecule has 1 rings (SSSR count). The summed E-state index contributed by atoms with van der Waals surface area (Å²) in [7, 11) is 3.25. The van der Waals surface area contributed by atoms with Crippen LogP contribution in [-0.4, -0.2) is 45.6 Å². The predicted octanol–water partition coefficient (Wildman–Crippen LogP) is 1.90. The number of nitrogens with two attached hydrogens (primary N) is 1. The lowest BCUT2D eigenvalue weighted by atomic mass is 10.1. The van der Waals surface area contributed by atoms with Gasteiger partial charge in [-0.3, -0.25) is 0 Å². The highest BCUT2D eigenvalue weighted by Crippen LogP contribution is 2.20. The molecular weight excluding hydrogens is 290 g/mol. The molecule has 0 fully saturated rings. The molecular formula is C15H23NO4S. The van der Waals surface area contributed by atoms with Crippen molar-refractivity contribution in [3.63, 3.8) is 0 Å². The summed E-state index contributed by atoms with van der Waals surface area (Å²) in [5, 5.41) is 0. The molecule has 0 amide bonds. The summed E-state index contributed by atoms with van der Waals surface area (Å²) in [5.74, 6) is 0.679. The van der Waals surface area contributed by atoms with Crippen LogP contribution in [0.3, 0.4) is 0 Å². The van der Waals surface area contributed by atoms with Gasteiger partial charge in [0.05, 0.1) is 32.5 Å². The van der Waals surface area contributed by atoms with Crippen molar-refractivity contribution in [2.45, 2.75) is 13.0 Å². The molecule has 0 saturated carbocycles. The second-order valence-corrected chi connectivity index (χ2v) is 4.85. The van der Waals surface area contributed by atoms with Gasteiger partial charge in [0.2, 0.25) is 0 Å². The maximum atomic E-state index is 5.68. The lowest BCUT2D eigenvalue weighted by Gasteiger charge is -2.10. The third kappa shape index (κ3) is 6.86. The Morgan fingerprint density at radius 2 is 1.86 bits per heavy atom. The number of hydrogen-bond acceptors (Lipinski definition) is 5. The Bertz CT molecular complexity index is 440. The second-order valence-electron chi connectivity index (χ2n) is 4.41. The fourth-order valence-electron chi connectivity index (χ4n) is 1.73. The monoisotopic (exact) mass is 313 g/mol. The van der Waals surface area contributed by atoms with E-state index in [4.69, 9.17) is 36.9 Å². The van der Waals surface area contributed by atoms with Crippen LogP contribution in [0.2, 0.25) is 0 Å². The van der Waals surface area contributed by atoms with Crippen molar-refractivity contribution in [2.24, 2.45) is 5.73 Å². The quantitative estimate of drug-likeness (QED) is 0.497. The maximum absolute atomic E-state index is 5.68. The van der Waals surface area contributed by atoms with Gasteiger partial charge in [-0.25, -0.2) is 0 Å². The summed E-state index contributed by atoms with van der Waals surface area (Å²) in [6.07, 6.45) is 0.849. The standard InChI is InChI=1S/C15H23NO4S/c1-17-8-9-19-6-3-7-20-11-12-4-5-14(18-2)13(10-12)15(16)21/h4-5,10H,3,6-9,11H2,1-2H3,(H2,16,21). The topological polar surface area (TPSA) is 62.9 Å². The molecule has 0 radical (unpaired) electrons. The van der Waals surface area contributed by atoms with E-state index in [1.807, 2.05) is 18.2 Å². The summed E-state index contributed by atoms with van der Waals surface area (Å²) in [6, 6.07) is 5.69. The zero-order valence-corrected chi connectivity index (χ0v) is 13.4. The Balaban J connectivity index is 2.29. The van der Waals surface area contributed by atoms with E-state index in [1.165, 1.54) is 0 Å². The van der Waals surface area contributed by atoms with Crippen molar-refractivity contribution in [1.82, 2.24) is 0 Å². The van der Waals surface area contributed by atoms with E-state index in [0.717, 1.165) is 17.5 Å². The van der Waals surface area contributed by atoms with Crippen LogP contribution in [0, 0.1) is 0 Å². The first-order valence-electron chi connectivity index (χ1n) is 6.80. The Morgan fingerprint density at radius 3 is 2.52 bits per heavy atom. The van der Waals surface area contributed by atoms with Gasteiger partial charge >= 0.3 is 0 Å². The van der Waals surface area contributed by atoms with Crippen molar-refractivity contribution < 1.29 is 18.9 Å². The minimum absolute atomic E-state index is 0.320. The van der Waals surface area contributed by atoms with Crippen LogP contribution in [0.1, 0.15) is 17.5 Å². The molecule has 0 aromatic heterocycles. The van der Waals surface area contributed by atoms with Gasteiger partial charge < -0.3 is 24.7 Å². The van der Waals surface area contributed by atoms with Gasteiger partial charge in [0, 0.05) is 20.3 Å². The average molecular weight is 313 g/mol. The lowest BCUT2D eigenvalue weighted by molar-refractivity contribution is 0.0483. The minimum atomic E-state index is 0.320. The van der Waals surface area contributed by atoms with Crippen LogP contribution < -0.4 is 10.5 Å². The molecule has 0 unspecified atom stereocenters. The minimum Gasteiger partial charge on any atom is -0.496 e. The number of ether oxygens (including phenoxy) is 4. The van der Waals surface area contributed by atoms with E-state index >= 15 is 0 Å². The van der Waals surface area contributed by atoms with Crippen LogP contribution in [0.25, 0.3) is 0 Å². The normalized spacial score (nSPS) is 10.6. The van der Waals surface area contributed by atoms with Gasteiger partial charge in [0.25, 0.3) is 0 Å². The predicted molar refractivity (Wildman–Crippen MR) is 85.8 cm³/mol.